The normalized spacial score (nSPS) is 18.0. The molecule has 0 unspecified atom stereocenters. The van der Waals surface area contributed by atoms with Crippen molar-refractivity contribution in [2.75, 3.05) is 18.5 Å². The van der Waals surface area contributed by atoms with Gasteiger partial charge in [0.1, 0.15) is 5.82 Å². The minimum atomic E-state index is 0.464. The van der Waals surface area contributed by atoms with Gasteiger partial charge in [-0.1, -0.05) is 13.2 Å². The number of fused-ring (bicyclic) bond motifs is 1. The molecule has 3 heterocycles. The summed E-state index contributed by atoms with van der Waals surface area (Å²) in [7, 11) is 0. The first-order valence-corrected chi connectivity index (χ1v) is 7.32. The number of ether oxygens (including phenoxy) is 1. The Hall–Kier alpha value is -2.07. The monoisotopic (exact) mass is 283 g/mol. The van der Waals surface area contributed by atoms with Crippen molar-refractivity contribution in [2.45, 2.75) is 25.7 Å². The van der Waals surface area contributed by atoms with E-state index in [1.165, 1.54) is 0 Å². The van der Waals surface area contributed by atoms with E-state index in [4.69, 9.17) is 9.72 Å². The van der Waals surface area contributed by atoms with Crippen molar-refractivity contribution in [1.82, 2.24) is 10.3 Å². The summed E-state index contributed by atoms with van der Waals surface area (Å²) >= 11 is 0. The lowest BCUT2D eigenvalue weighted by Gasteiger charge is -2.25. The summed E-state index contributed by atoms with van der Waals surface area (Å²) in [4.78, 5) is 4.84. The van der Waals surface area contributed by atoms with Crippen LogP contribution in [0.2, 0.25) is 0 Å². The summed E-state index contributed by atoms with van der Waals surface area (Å²) < 4.78 is 5.45. The van der Waals surface area contributed by atoms with Crippen molar-refractivity contribution in [1.29, 1.82) is 0 Å². The van der Waals surface area contributed by atoms with Gasteiger partial charge in [-0.3, -0.25) is 0 Å². The van der Waals surface area contributed by atoms with Gasteiger partial charge in [0.2, 0.25) is 0 Å². The molecule has 0 saturated carbocycles. The molecule has 110 valence electrons. The number of allylic oxidation sites excluding steroid dienone is 1. The number of hydrogen-bond donors (Lipinski definition) is 2. The van der Waals surface area contributed by atoms with E-state index >= 15 is 0 Å². The van der Waals surface area contributed by atoms with Crippen molar-refractivity contribution >= 4 is 17.6 Å². The molecule has 3 rings (SSSR count). The summed E-state index contributed by atoms with van der Waals surface area (Å²) in [5.74, 6) is 1.30. The first kappa shape index (κ1) is 13.9. The molecule has 21 heavy (non-hydrogen) atoms. The molecule has 0 atom stereocenters. The molecule has 0 aromatic carbocycles. The highest BCUT2D eigenvalue weighted by atomic mass is 16.5. The lowest BCUT2D eigenvalue weighted by Crippen LogP contribution is -2.18. The predicted octanol–water partition coefficient (Wildman–Crippen LogP) is 3.47. The van der Waals surface area contributed by atoms with Gasteiger partial charge in [-0.05, 0) is 37.5 Å². The minimum Gasteiger partial charge on any atom is -0.381 e. The number of rotatable bonds is 3. The second-order valence-corrected chi connectivity index (χ2v) is 5.61. The zero-order valence-corrected chi connectivity index (χ0v) is 12.4. The molecule has 4 heteroatoms. The van der Waals surface area contributed by atoms with E-state index in [-0.39, 0.29) is 0 Å². The number of nitrogens with one attached hydrogen (secondary N) is 2. The van der Waals surface area contributed by atoms with Crippen molar-refractivity contribution in [3.05, 3.63) is 47.9 Å². The number of nitrogens with zero attached hydrogens (tertiary/aromatic N) is 1. The Bertz CT molecular complexity index is 613. The van der Waals surface area contributed by atoms with Crippen molar-refractivity contribution < 1.29 is 4.74 Å². The highest BCUT2D eigenvalue weighted by molar-refractivity contribution is 5.83. The fourth-order valence-corrected chi connectivity index (χ4v) is 2.83. The molecule has 2 aliphatic heterocycles. The standard InChI is InChI=1S/C17H21N3O/c1-11(2)19-17-16-12(3)18-7-4-14(16)10-15(20-17)13-5-8-21-9-6-13/h4,7,10,13,18H,1,3,5-6,8-9H2,2H3,(H,19,20). The van der Waals surface area contributed by atoms with Gasteiger partial charge in [-0.15, -0.1) is 0 Å². The smallest absolute Gasteiger partial charge is 0.140 e. The lowest BCUT2D eigenvalue weighted by molar-refractivity contribution is 0.0845. The van der Waals surface area contributed by atoms with E-state index in [0.717, 1.165) is 60.1 Å². The van der Waals surface area contributed by atoms with Gasteiger partial charge < -0.3 is 15.4 Å². The fourth-order valence-electron chi connectivity index (χ4n) is 2.83. The summed E-state index contributed by atoms with van der Waals surface area (Å²) in [6, 6.07) is 2.18. The topological polar surface area (TPSA) is 46.2 Å². The molecule has 1 saturated heterocycles. The number of pyridine rings is 1. The zero-order chi connectivity index (χ0) is 14.8. The molecule has 0 aliphatic carbocycles. The van der Waals surface area contributed by atoms with E-state index in [9.17, 15) is 0 Å². The Morgan fingerprint density at radius 3 is 2.90 bits per heavy atom. The quantitative estimate of drug-likeness (QED) is 0.891. The van der Waals surface area contributed by atoms with Gasteiger partial charge in [0.05, 0.1) is 0 Å². The average molecular weight is 283 g/mol. The van der Waals surface area contributed by atoms with E-state index in [0.29, 0.717) is 5.92 Å². The maximum atomic E-state index is 5.45. The molecule has 0 bridgehead atoms. The highest BCUT2D eigenvalue weighted by Gasteiger charge is 2.22. The maximum Gasteiger partial charge on any atom is 0.140 e. The van der Waals surface area contributed by atoms with Gasteiger partial charge >= 0.3 is 0 Å². The summed E-state index contributed by atoms with van der Waals surface area (Å²) in [6.07, 6.45) is 6.05. The van der Waals surface area contributed by atoms with Crippen molar-refractivity contribution in [2.24, 2.45) is 0 Å². The minimum absolute atomic E-state index is 0.464. The highest BCUT2D eigenvalue weighted by Crippen LogP contribution is 2.34. The van der Waals surface area contributed by atoms with E-state index in [2.05, 4.69) is 35.9 Å². The lowest BCUT2D eigenvalue weighted by atomic mass is 9.92. The second kappa shape index (κ2) is 5.74. The fraction of sp³-hybridized carbons (Fsp3) is 0.353. The van der Waals surface area contributed by atoms with E-state index in [1.807, 2.05) is 13.1 Å². The number of hydrogen-bond acceptors (Lipinski definition) is 4. The summed E-state index contributed by atoms with van der Waals surface area (Å²) in [5.41, 5.74) is 5.04. The van der Waals surface area contributed by atoms with Crippen LogP contribution in [0.15, 0.2) is 31.1 Å². The van der Waals surface area contributed by atoms with Gasteiger partial charge in [-0.2, -0.15) is 0 Å². The van der Waals surface area contributed by atoms with Crippen LogP contribution >= 0.6 is 0 Å². The number of aromatic nitrogens is 1. The third-order valence-corrected chi connectivity index (χ3v) is 3.86. The van der Waals surface area contributed by atoms with Crippen LogP contribution in [0, 0.1) is 0 Å². The van der Waals surface area contributed by atoms with Crippen LogP contribution in [0.3, 0.4) is 0 Å². The van der Waals surface area contributed by atoms with Gasteiger partial charge in [0, 0.05) is 48.0 Å². The molecule has 0 amide bonds. The molecule has 4 nitrogen and oxygen atoms in total. The van der Waals surface area contributed by atoms with Crippen LogP contribution in [0.5, 0.6) is 0 Å². The predicted molar refractivity (Wildman–Crippen MR) is 86.7 cm³/mol. The third-order valence-electron chi connectivity index (χ3n) is 3.86. The van der Waals surface area contributed by atoms with Crippen LogP contribution in [-0.2, 0) is 4.74 Å². The van der Waals surface area contributed by atoms with Gasteiger partial charge in [0.25, 0.3) is 0 Å². The Labute approximate surface area is 125 Å². The Morgan fingerprint density at radius 2 is 2.19 bits per heavy atom. The van der Waals surface area contributed by atoms with Crippen LogP contribution in [0.1, 0.15) is 42.5 Å². The van der Waals surface area contributed by atoms with E-state index in [1.54, 1.807) is 0 Å². The van der Waals surface area contributed by atoms with Gasteiger partial charge in [-0.25, -0.2) is 4.98 Å². The Morgan fingerprint density at radius 1 is 1.43 bits per heavy atom. The van der Waals surface area contributed by atoms with E-state index < -0.39 is 0 Å². The average Bonchev–Trinajstić information content (AvgIpc) is 2.47. The number of anilines is 1. The first-order chi connectivity index (χ1) is 10.1. The Balaban J connectivity index is 2.05. The zero-order valence-electron chi connectivity index (χ0n) is 12.4. The van der Waals surface area contributed by atoms with Crippen LogP contribution in [0.25, 0.3) is 11.8 Å². The molecule has 2 N–H and O–H groups in total. The second-order valence-electron chi connectivity index (χ2n) is 5.61. The summed E-state index contributed by atoms with van der Waals surface area (Å²) in [6.45, 7) is 11.6. The van der Waals surface area contributed by atoms with Crippen LogP contribution in [-0.4, -0.2) is 18.2 Å². The van der Waals surface area contributed by atoms with Crippen molar-refractivity contribution in [3.63, 3.8) is 0 Å². The molecule has 0 spiro atoms. The molecule has 0 radical (unpaired) electrons. The third kappa shape index (κ3) is 2.85. The first-order valence-electron chi connectivity index (χ1n) is 7.32. The molecule has 1 aromatic rings. The molecule has 1 fully saturated rings. The maximum absolute atomic E-state index is 5.45. The molecule has 2 aliphatic rings. The largest absolute Gasteiger partial charge is 0.381 e. The van der Waals surface area contributed by atoms with Crippen LogP contribution < -0.4 is 10.6 Å². The molecule has 1 aromatic heterocycles. The van der Waals surface area contributed by atoms with Crippen LogP contribution in [0.4, 0.5) is 5.82 Å². The van der Waals surface area contributed by atoms with Crippen molar-refractivity contribution in [3.8, 4) is 0 Å². The molecular weight excluding hydrogens is 262 g/mol. The summed E-state index contributed by atoms with van der Waals surface area (Å²) in [5, 5.41) is 6.42. The van der Waals surface area contributed by atoms with Gasteiger partial charge in [0.15, 0.2) is 0 Å². The molecular formula is C17H21N3O. The Kier molecular flexibility index (Phi) is 3.80. The SMILES string of the molecule is C=C(C)Nc1nc(C2CCOCC2)cc2c1C(=C)NC=C2.